The van der Waals surface area contributed by atoms with Gasteiger partial charge in [0.25, 0.3) is 0 Å². The Bertz CT molecular complexity index is 441. The summed E-state index contributed by atoms with van der Waals surface area (Å²) in [4.78, 5) is 4.63. The van der Waals surface area contributed by atoms with E-state index in [1.165, 1.54) is 25.7 Å². The molecule has 0 aliphatic heterocycles. The molecule has 0 aromatic carbocycles. The summed E-state index contributed by atoms with van der Waals surface area (Å²) in [6.45, 7) is 7.69. The first-order chi connectivity index (χ1) is 10.3. The molecule has 22 heavy (non-hydrogen) atoms. The molecule has 1 saturated carbocycles. The maximum atomic E-state index is 4.63. The maximum Gasteiger partial charge on any atom is 0.191 e. The molecule has 0 amide bonds. The van der Waals surface area contributed by atoms with Crippen molar-refractivity contribution in [1.29, 1.82) is 0 Å². The summed E-state index contributed by atoms with van der Waals surface area (Å²) in [5.41, 5.74) is 0. The largest absolute Gasteiger partial charge is 0.357 e. The van der Waals surface area contributed by atoms with Gasteiger partial charge in [0.2, 0.25) is 0 Å². The quantitative estimate of drug-likeness (QED) is 0.278. The molecule has 2 N–H and O–H groups in total. The number of aliphatic imine (C=N–C) groups is 1. The van der Waals surface area contributed by atoms with Crippen LogP contribution >= 0.6 is 24.0 Å². The summed E-state index contributed by atoms with van der Waals surface area (Å²) in [7, 11) is 0. The van der Waals surface area contributed by atoms with E-state index < -0.39 is 0 Å². The molecule has 1 aliphatic rings. The van der Waals surface area contributed by atoms with Crippen LogP contribution in [-0.4, -0.2) is 40.4 Å². The Hall–Kier alpha value is -0.860. The number of hydrogen-bond acceptors (Lipinski definition) is 3. The van der Waals surface area contributed by atoms with Crippen molar-refractivity contribution >= 4 is 29.9 Å². The summed E-state index contributed by atoms with van der Waals surface area (Å²) in [6, 6.07) is 0. The highest BCUT2D eigenvalue weighted by atomic mass is 127. The van der Waals surface area contributed by atoms with Crippen LogP contribution in [0.1, 0.15) is 45.4 Å². The van der Waals surface area contributed by atoms with Crippen molar-refractivity contribution < 1.29 is 0 Å². The third kappa shape index (κ3) is 6.93. The second-order valence-corrected chi connectivity index (χ2v) is 5.57. The molecule has 0 atom stereocenters. The zero-order valence-electron chi connectivity index (χ0n) is 13.7. The van der Waals surface area contributed by atoms with Crippen LogP contribution in [0.15, 0.2) is 11.3 Å². The van der Waals surface area contributed by atoms with Crippen molar-refractivity contribution in [2.24, 2.45) is 10.9 Å². The highest BCUT2D eigenvalue weighted by molar-refractivity contribution is 14.0. The van der Waals surface area contributed by atoms with Gasteiger partial charge in [0.1, 0.15) is 12.2 Å². The number of guanidine groups is 1. The van der Waals surface area contributed by atoms with E-state index in [0.717, 1.165) is 50.3 Å². The van der Waals surface area contributed by atoms with E-state index in [1.807, 2.05) is 0 Å². The SMILES string of the molecule is CCNC(=NCCCC1CC1)NCCn1cnnc1CC.I. The van der Waals surface area contributed by atoms with Gasteiger partial charge in [-0.05, 0) is 25.7 Å². The average molecular weight is 420 g/mol. The average Bonchev–Trinajstić information content (AvgIpc) is 3.20. The van der Waals surface area contributed by atoms with Crippen molar-refractivity contribution in [2.75, 3.05) is 19.6 Å². The maximum absolute atomic E-state index is 4.63. The number of nitrogens with zero attached hydrogens (tertiary/aromatic N) is 4. The molecular formula is C15H29IN6. The molecule has 0 spiro atoms. The predicted molar refractivity (Wildman–Crippen MR) is 101 cm³/mol. The van der Waals surface area contributed by atoms with Gasteiger partial charge in [-0.1, -0.05) is 19.8 Å². The van der Waals surface area contributed by atoms with Gasteiger partial charge in [-0.3, -0.25) is 4.99 Å². The molecule has 7 heteroatoms. The number of rotatable bonds is 9. The van der Waals surface area contributed by atoms with Crippen molar-refractivity contribution in [3.63, 3.8) is 0 Å². The van der Waals surface area contributed by atoms with Crippen molar-refractivity contribution in [1.82, 2.24) is 25.4 Å². The van der Waals surface area contributed by atoms with E-state index in [9.17, 15) is 0 Å². The lowest BCUT2D eigenvalue weighted by Gasteiger charge is -2.12. The fourth-order valence-electron chi connectivity index (χ4n) is 2.35. The number of aromatic nitrogens is 3. The fraction of sp³-hybridized carbons (Fsp3) is 0.800. The summed E-state index contributed by atoms with van der Waals surface area (Å²) in [5.74, 6) is 2.94. The topological polar surface area (TPSA) is 67.1 Å². The summed E-state index contributed by atoms with van der Waals surface area (Å²) in [5, 5.41) is 14.7. The van der Waals surface area contributed by atoms with E-state index in [4.69, 9.17) is 0 Å². The van der Waals surface area contributed by atoms with Gasteiger partial charge in [-0.15, -0.1) is 34.2 Å². The zero-order chi connectivity index (χ0) is 14.9. The molecule has 0 bridgehead atoms. The summed E-state index contributed by atoms with van der Waals surface area (Å²) >= 11 is 0. The Kier molecular flexibility index (Phi) is 9.42. The number of aryl methyl sites for hydroxylation is 1. The molecule has 1 aromatic heterocycles. The molecule has 126 valence electrons. The molecule has 6 nitrogen and oxygen atoms in total. The van der Waals surface area contributed by atoms with Crippen LogP contribution in [0.4, 0.5) is 0 Å². The molecule has 0 unspecified atom stereocenters. The van der Waals surface area contributed by atoms with Gasteiger partial charge < -0.3 is 15.2 Å². The van der Waals surface area contributed by atoms with E-state index >= 15 is 0 Å². The van der Waals surface area contributed by atoms with Gasteiger partial charge in [-0.25, -0.2) is 0 Å². The molecule has 1 fully saturated rings. The molecule has 0 radical (unpaired) electrons. The van der Waals surface area contributed by atoms with E-state index in [-0.39, 0.29) is 24.0 Å². The molecule has 2 rings (SSSR count). The van der Waals surface area contributed by atoms with Gasteiger partial charge in [-0.2, -0.15) is 0 Å². The van der Waals surface area contributed by atoms with Crippen LogP contribution in [0.25, 0.3) is 0 Å². The lowest BCUT2D eigenvalue weighted by Crippen LogP contribution is -2.39. The second-order valence-electron chi connectivity index (χ2n) is 5.57. The second kappa shape index (κ2) is 10.8. The molecule has 1 heterocycles. The van der Waals surface area contributed by atoms with Gasteiger partial charge in [0.15, 0.2) is 5.96 Å². The van der Waals surface area contributed by atoms with Crippen LogP contribution in [0.5, 0.6) is 0 Å². The van der Waals surface area contributed by atoms with E-state index in [1.54, 1.807) is 6.33 Å². The van der Waals surface area contributed by atoms with Crippen molar-refractivity contribution in [2.45, 2.75) is 52.5 Å². The van der Waals surface area contributed by atoms with E-state index in [2.05, 4.69) is 44.2 Å². The van der Waals surface area contributed by atoms with Crippen LogP contribution in [0.3, 0.4) is 0 Å². The molecule has 1 aliphatic carbocycles. The Labute approximate surface area is 150 Å². The molecule has 1 aromatic rings. The Balaban J connectivity index is 0.00000242. The third-order valence-corrected chi connectivity index (χ3v) is 3.74. The Morgan fingerprint density at radius 3 is 2.86 bits per heavy atom. The Morgan fingerprint density at radius 2 is 2.18 bits per heavy atom. The van der Waals surface area contributed by atoms with E-state index in [0.29, 0.717) is 0 Å². The van der Waals surface area contributed by atoms with Gasteiger partial charge in [0, 0.05) is 32.6 Å². The first-order valence-corrected chi connectivity index (χ1v) is 8.22. The van der Waals surface area contributed by atoms with Crippen molar-refractivity contribution in [3.05, 3.63) is 12.2 Å². The normalized spacial score (nSPS) is 14.5. The fourth-order valence-corrected chi connectivity index (χ4v) is 2.35. The minimum atomic E-state index is 0. The molecular weight excluding hydrogens is 391 g/mol. The third-order valence-electron chi connectivity index (χ3n) is 3.74. The highest BCUT2D eigenvalue weighted by Gasteiger charge is 2.19. The lowest BCUT2D eigenvalue weighted by atomic mass is 10.2. The first kappa shape index (κ1) is 19.2. The van der Waals surface area contributed by atoms with Crippen LogP contribution in [0.2, 0.25) is 0 Å². The minimum Gasteiger partial charge on any atom is -0.357 e. The zero-order valence-corrected chi connectivity index (χ0v) is 16.0. The van der Waals surface area contributed by atoms with Crippen LogP contribution in [-0.2, 0) is 13.0 Å². The first-order valence-electron chi connectivity index (χ1n) is 8.22. The number of nitrogens with one attached hydrogen (secondary N) is 2. The minimum absolute atomic E-state index is 0. The Morgan fingerprint density at radius 1 is 1.36 bits per heavy atom. The lowest BCUT2D eigenvalue weighted by molar-refractivity contribution is 0.629. The van der Waals surface area contributed by atoms with Gasteiger partial charge >= 0.3 is 0 Å². The highest BCUT2D eigenvalue weighted by Crippen LogP contribution is 2.33. The monoisotopic (exact) mass is 420 g/mol. The summed E-state index contributed by atoms with van der Waals surface area (Å²) < 4.78 is 2.09. The van der Waals surface area contributed by atoms with Crippen molar-refractivity contribution in [3.8, 4) is 0 Å². The smallest absolute Gasteiger partial charge is 0.191 e. The summed E-state index contributed by atoms with van der Waals surface area (Å²) in [6.07, 6.45) is 8.10. The number of halogens is 1. The molecule has 0 saturated heterocycles. The predicted octanol–water partition coefficient (Wildman–Crippen LogP) is 2.20. The van der Waals surface area contributed by atoms with Gasteiger partial charge in [0.05, 0.1) is 0 Å². The van der Waals surface area contributed by atoms with Crippen LogP contribution in [0, 0.1) is 5.92 Å². The number of hydrogen-bond donors (Lipinski definition) is 2. The van der Waals surface area contributed by atoms with Crippen LogP contribution < -0.4 is 10.6 Å². The standard InChI is InChI=1S/C15H28N6.HI/c1-3-14-20-19-12-21(14)11-10-18-15(16-4-2)17-9-5-6-13-7-8-13;/h12-13H,3-11H2,1-2H3,(H2,16,17,18);1H.